The standard InChI is InChI=1S/C33H41N3O6S/c1-24-14-16-26(17-15-24)22-35(30(20-25-10-6-5-7-11-25)33(38)34-27-12-8-9-13-27)32(37)23-36(43(4,39)40)29-19-18-28(41-2)21-31(29)42-3/h5-7,10-11,14-19,21,27,30H,8-9,12-13,20,22-23H2,1-4H3,(H,34,38)/t30-/m1/s1. The molecule has 4 rings (SSSR count). The summed E-state index contributed by atoms with van der Waals surface area (Å²) in [5.41, 5.74) is 2.99. The minimum absolute atomic E-state index is 0.0539. The molecule has 0 radical (unpaired) electrons. The zero-order valence-corrected chi connectivity index (χ0v) is 26.1. The first kappa shape index (κ1) is 31.9. The van der Waals surface area contributed by atoms with Crippen LogP contribution in [0.2, 0.25) is 0 Å². The van der Waals surface area contributed by atoms with Gasteiger partial charge >= 0.3 is 0 Å². The van der Waals surface area contributed by atoms with Crippen LogP contribution in [0.4, 0.5) is 5.69 Å². The zero-order chi connectivity index (χ0) is 31.0. The summed E-state index contributed by atoms with van der Waals surface area (Å²) in [6.45, 7) is 1.59. The van der Waals surface area contributed by atoms with Crippen molar-refractivity contribution in [3.05, 3.63) is 89.5 Å². The molecular weight excluding hydrogens is 566 g/mol. The molecule has 3 aromatic carbocycles. The number of hydrogen-bond donors (Lipinski definition) is 1. The van der Waals surface area contributed by atoms with E-state index < -0.39 is 28.5 Å². The third-order valence-electron chi connectivity index (χ3n) is 7.78. The Hall–Kier alpha value is -4.05. The van der Waals surface area contributed by atoms with Crippen LogP contribution in [0.25, 0.3) is 0 Å². The minimum atomic E-state index is -3.94. The number of carbonyl (C=O) groups excluding carboxylic acids is 2. The van der Waals surface area contributed by atoms with Crippen LogP contribution in [-0.4, -0.2) is 64.2 Å². The predicted molar refractivity (Wildman–Crippen MR) is 168 cm³/mol. The van der Waals surface area contributed by atoms with E-state index in [4.69, 9.17) is 9.47 Å². The van der Waals surface area contributed by atoms with Gasteiger partial charge in [-0.25, -0.2) is 8.42 Å². The molecule has 1 aliphatic carbocycles. The molecule has 230 valence electrons. The lowest BCUT2D eigenvalue weighted by atomic mass is 10.0. The number of ether oxygens (including phenoxy) is 2. The van der Waals surface area contributed by atoms with Crippen molar-refractivity contribution in [1.82, 2.24) is 10.2 Å². The fourth-order valence-corrected chi connectivity index (χ4v) is 6.25. The first-order valence-electron chi connectivity index (χ1n) is 14.5. The van der Waals surface area contributed by atoms with Crippen molar-refractivity contribution in [2.75, 3.05) is 31.3 Å². The number of nitrogens with one attached hydrogen (secondary N) is 1. The second kappa shape index (κ2) is 14.4. The summed E-state index contributed by atoms with van der Waals surface area (Å²) in [6, 6.07) is 21.2. The molecule has 0 aliphatic heterocycles. The normalized spacial score (nSPS) is 14.1. The van der Waals surface area contributed by atoms with Crippen LogP contribution >= 0.6 is 0 Å². The van der Waals surface area contributed by atoms with Gasteiger partial charge in [-0.3, -0.25) is 13.9 Å². The van der Waals surface area contributed by atoms with Crippen molar-refractivity contribution in [1.29, 1.82) is 0 Å². The maximum Gasteiger partial charge on any atom is 0.244 e. The molecule has 0 unspecified atom stereocenters. The molecule has 0 saturated heterocycles. The maximum atomic E-state index is 14.3. The molecule has 1 fully saturated rings. The Morgan fingerprint density at radius 1 is 0.930 bits per heavy atom. The van der Waals surface area contributed by atoms with Crippen LogP contribution in [0.1, 0.15) is 42.4 Å². The Bertz CT molecular complexity index is 1490. The summed E-state index contributed by atoms with van der Waals surface area (Å²) >= 11 is 0. The van der Waals surface area contributed by atoms with Crippen LogP contribution < -0.4 is 19.1 Å². The van der Waals surface area contributed by atoms with Crippen molar-refractivity contribution in [3.8, 4) is 11.5 Å². The Labute approximate surface area is 254 Å². The van der Waals surface area contributed by atoms with E-state index in [2.05, 4.69) is 5.32 Å². The van der Waals surface area contributed by atoms with Gasteiger partial charge in [0.05, 0.1) is 26.2 Å². The largest absolute Gasteiger partial charge is 0.497 e. The number of amides is 2. The molecule has 0 spiro atoms. The third kappa shape index (κ3) is 8.50. The van der Waals surface area contributed by atoms with Gasteiger partial charge in [0.1, 0.15) is 24.1 Å². The molecular formula is C33H41N3O6S. The summed E-state index contributed by atoms with van der Waals surface area (Å²) < 4.78 is 38.0. The molecule has 2 amide bonds. The number of benzene rings is 3. The van der Waals surface area contributed by atoms with Gasteiger partial charge in [-0.2, -0.15) is 0 Å². The molecule has 43 heavy (non-hydrogen) atoms. The zero-order valence-electron chi connectivity index (χ0n) is 25.3. The topological polar surface area (TPSA) is 105 Å². The third-order valence-corrected chi connectivity index (χ3v) is 8.91. The van der Waals surface area contributed by atoms with Gasteiger partial charge in [0.15, 0.2) is 0 Å². The molecule has 1 atom stereocenters. The van der Waals surface area contributed by atoms with Gasteiger partial charge in [0, 0.05) is 25.1 Å². The van der Waals surface area contributed by atoms with E-state index in [1.807, 2.05) is 61.5 Å². The van der Waals surface area contributed by atoms with Gasteiger partial charge in [0.25, 0.3) is 0 Å². The van der Waals surface area contributed by atoms with E-state index in [9.17, 15) is 18.0 Å². The average Bonchev–Trinajstić information content (AvgIpc) is 3.51. The number of methoxy groups -OCH3 is 2. The van der Waals surface area contributed by atoms with Gasteiger partial charge in [-0.15, -0.1) is 0 Å². The predicted octanol–water partition coefficient (Wildman–Crippen LogP) is 4.48. The first-order valence-corrected chi connectivity index (χ1v) is 16.3. The first-order chi connectivity index (χ1) is 20.6. The van der Waals surface area contributed by atoms with Crippen LogP contribution in [0.3, 0.4) is 0 Å². The van der Waals surface area contributed by atoms with E-state index in [1.54, 1.807) is 18.2 Å². The van der Waals surface area contributed by atoms with E-state index >= 15 is 0 Å². The molecule has 3 aromatic rings. The Balaban J connectivity index is 1.74. The van der Waals surface area contributed by atoms with Gasteiger partial charge in [0.2, 0.25) is 21.8 Å². The average molecular weight is 608 g/mol. The highest BCUT2D eigenvalue weighted by Gasteiger charge is 2.35. The highest BCUT2D eigenvalue weighted by atomic mass is 32.2. The van der Waals surface area contributed by atoms with Gasteiger partial charge < -0.3 is 19.7 Å². The van der Waals surface area contributed by atoms with Crippen molar-refractivity contribution < 1.29 is 27.5 Å². The van der Waals surface area contributed by atoms with E-state index in [-0.39, 0.29) is 36.4 Å². The van der Waals surface area contributed by atoms with Crippen LogP contribution in [-0.2, 0) is 32.6 Å². The van der Waals surface area contributed by atoms with Gasteiger partial charge in [-0.05, 0) is 43.0 Å². The number of rotatable bonds is 13. The number of hydrogen-bond acceptors (Lipinski definition) is 6. The Morgan fingerprint density at radius 3 is 2.21 bits per heavy atom. The Kier molecular flexibility index (Phi) is 10.7. The number of carbonyl (C=O) groups is 2. The lowest BCUT2D eigenvalue weighted by molar-refractivity contribution is -0.140. The minimum Gasteiger partial charge on any atom is -0.497 e. The quantitative estimate of drug-likeness (QED) is 0.307. The van der Waals surface area contributed by atoms with E-state index in [0.717, 1.165) is 52.9 Å². The second-order valence-corrected chi connectivity index (χ2v) is 12.9. The number of nitrogens with zero attached hydrogens (tertiary/aromatic N) is 2. The summed E-state index contributed by atoms with van der Waals surface area (Å²) in [4.78, 5) is 29.8. The molecule has 1 aliphatic rings. The van der Waals surface area contributed by atoms with Crippen molar-refractivity contribution in [3.63, 3.8) is 0 Å². The summed E-state index contributed by atoms with van der Waals surface area (Å²) in [5, 5.41) is 3.18. The summed E-state index contributed by atoms with van der Waals surface area (Å²) in [7, 11) is -1.01. The van der Waals surface area contributed by atoms with Crippen molar-refractivity contribution in [2.45, 2.75) is 57.7 Å². The monoisotopic (exact) mass is 607 g/mol. The number of sulfonamides is 1. The second-order valence-electron chi connectivity index (χ2n) is 11.0. The van der Waals surface area contributed by atoms with Crippen LogP contribution in [0.5, 0.6) is 11.5 Å². The summed E-state index contributed by atoms with van der Waals surface area (Å²) in [6.07, 6.45) is 5.22. The van der Waals surface area contributed by atoms with E-state index in [1.165, 1.54) is 19.1 Å². The van der Waals surface area contributed by atoms with Crippen molar-refractivity contribution >= 4 is 27.5 Å². The van der Waals surface area contributed by atoms with Gasteiger partial charge in [-0.1, -0.05) is 73.0 Å². The van der Waals surface area contributed by atoms with Crippen LogP contribution in [0, 0.1) is 6.92 Å². The smallest absolute Gasteiger partial charge is 0.244 e. The molecule has 10 heteroatoms. The molecule has 1 saturated carbocycles. The number of anilines is 1. The van der Waals surface area contributed by atoms with Crippen LogP contribution in [0.15, 0.2) is 72.8 Å². The fourth-order valence-electron chi connectivity index (χ4n) is 5.40. The van der Waals surface area contributed by atoms with E-state index in [0.29, 0.717) is 5.75 Å². The van der Waals surface area contributed by atoms with Crippen molar-refractivity contribution in [2.24, 2.45) is 0 Å². The molecule has 0 aromatic heterocycles. The lowest BCUT2D eigenvalue weighted by Crippen LogP contribution is -2.54. The fraction of sp³-hybridized carbons (Fsp3) is 0.394. The maximum absolute atomic E-state index is 14.3. The molecule has 1 N–H and O–H groups in total. The highest BCUT2D eigenvalue weighted by Crippen LogP contribution is 2.34. The highest BCUT2D eigenvalue weighted by molar-refractivity contribution is 7.92. The molecule has 0 bridgehead atoms. The lowest BCUT2D eigenvalue weighted by Gasteiger charge is -2.34. The molecule has 0 heterocycles. The number of aryl methyl sites for hydroxylation is 1. The SMILES string of the molecule is COc1ccc(N(CC(=O)N(Cc2ccc(C)cc2)[C@H](Cc2ccccc2)C(=O)NC2CCCC2)S(C)(=O)=O)c(OC)c1. The molecule has 9 nitrogen and oxygen atoms in total. The Morgan fingerprint density at radius 2 is 1.60 bits per heavy atom. The summed E-state index contributed by atoms with van der Waals surface area (Å²) in [5.74, 6) is -0.0362.